The van der Waals surface area contributed by atoms with Crippen molar-refractivity contribution in [3.8, 4) is 0 Å². The summed E-state index contributed by atoms with van der Waals surface area (Å²) in [7, 11) is 0. The molecule has 0 aliphatic carbocycles. The predicted octanol–water partition coefficient (Wildman–Crippen LogP) is 5.64. The number of aromatic amines is 1. The van der Waals surface area contributed by atoms with Crippen molar-refractivity contribution >= 4 is 46.2 Å². The van der Waals surface area contributed by atoms with E-state index in [1.54, 1.807) is 4.31 Å². The first-order valence-electron chi connectivity index (χ1n) is 10.4. The molecule has 7 heteroatoms. The van der Waals surface area contributed by atoms with Crippen molar-refractivity contribution in [3.63, 3.8) is 0 Å². The molecular weight excluding hydrogens is 420 g/mol. The Hall–Kier alpha value is -3.58. The SMILES string of the molecule is Cc1ccc(NC(=O)CCC(=O)N(Sc2nc3ccccc3[nH]2)c2ccc(C)cc2)cc1. The van der Waals surface area contributed by atoms with Crippen molar-refractivity contribution in [3.05, 3.63) is 83.9 Å². The zero-order valence-electron chi connectivity index (χ0n) is 18.0. The summed E-state index contributed by atoms with van der Waals surface area (Å²) in [5.74, 6) is -0.363. The Kier molecular flexibility index (Phi) is 6.56. The van der Waals surface area contributed by atoms with E-state index in [1.165, 1.54) is 11.9 Å². The Labute approximate surface area is 191 Å². The molecule has 4 rings (SSSR count). The molecule has 0 radical (unpaired) electrons. The quantitative estimate of drug-likeness (QED) is 0.362. The Morgan fingerprint density at radius 2 is 1.56 bits per heavy atom. The minimum absolute atomic E-state index is 0.0821. The number of fused-ring (bicyclic) bond motifs is 1. The molecule has 162 valence electrons. The molecule has 0 unspecified atom stereocenters. The fourth-order valence-corrected chi connectivity index (χ4v) is 4.06. The average molecular weight is 445 g/mol. The third-order valence-electron chi connectivity index (χ3n) is 4.94. The molecule has 4 aromatic rings. The summed E-state index contributed by atoms with van der Waals surface area (Å²) in [5, 5.41) is 3.46. The monoisotopic (exact) mass is 444 g/mol. The molecule has 0 saturated carbocycles. The maximum absolute atomic E-state index is 13.1. The van der Waals surface area contributed by atoms with E-state index in [4.69, 9.17) is 0 Å². The van der Waals surface area contributed by atoms with Gasteiger partial charge in [0.15, 0.2) is 5.16 Å². The van der Waals surface area contributed by atoms with Gasteiger partial charge in [-0.3, -0.25) is 9.59 Å². The summed E-state index contributed by atoms with van der Waals surface area (Å²) in [6.07, 6.45) is 0.175. The van der Waals surface area contributed by atoms with Gasteiger partial charge in [0.25, 0.3) is 0 Å². The number of amides is 2. The fourth-order valence-electron chi connectivity index (χ4n) is 3.17. The second-order valence-corrected chi connectivity index (χ2v) is 8.52. The fraction of sp³-hybridized carbons (Fsp3) is 0.160. The Morgan fingerprint density at radius 3 is 2.25 bits per heavy atom. The molecule has 32 heavy (non-hydrogen) atoms. The summed E-state index contributed by atoms with van der Waals surface area (Å²) in [5.41, 5.74) is 5.43. The van der Waals surface area contributed by atoms with Gasteiger partial charge >= 0.3 is 0 Å². The molecule has 6 nitrogen and oxygen atoms in total. The van der Waals surface area contributed by atoms with Crippen molar-refractivity contribution in [1.29, 1.82) is 0 Å². The number of H-pyrrole nitrogens is 1. The third kappa shape index (κ3) is 5.36. The molecule has 0 fully saturated rings. The first-order valence-corrected chi connectivity index (χ1v) is 11.1. The van der Waals surface area contributed by atoms with Gasteiger partial charge in [-0.25, -0.2) is 9.29 Å². The number of para-hydroxylation sites is 2. The summed E-state index contributed by atoms with van der Waals surface area (Å²) < 4.78 is 1.59. The number of nitrogens with zero attached hydrogens (tertiary/aromatic N) is 2. The maximum atomic E-state index is 13.1. The van der Waals surface area contributed by atoms with Crippen LogP contribution in [0.5, 0.6) is 0 Å². The Balaban J connectivity index is 1.47. The number of hydrogen-bond donors (Lipinski definition) is 2. The highest BCUT2D eigenvalue weighted by Crippen LogP contribution is 2.30. The number of nitrogens with one attached hydrogen (secondary N) is 2. The van der Waals surface area contributed by atoms with Gasteiger partial charge in [-0.2, -0.15) is 0 Å². The minimum atomic E-state index is -0.195. The van der Waals surface area contributed by atoms with E-state index in [2.05, 4.69) is 15.3 Å². The number of aryl methyl sites for hydroxylation is 2. The molecule has 1 aromatic heterocycles. The average Bonchev–Trinajstić information content (AvgIpc) is 3.21. The number of imidazole rings is 1. The van der Waals surface area contributed by atoms with Gasteiger partial charge in [0.1, 0.15) is 0 Å². The lowest BCUT2D eigenvalue weighted by atomic mass is 10.2. The summed E-state index contributed by atoms with van der Waals surface area (Å²) in [4.78, 5) is 33.3. The minimum Gasteiger partial charge on any atom is -0.331 e. The number of anilines is 2. The third-order valence-corrected chi connectivity index (χ3v) is 5.90. The zero-order valence-corrected chi connectivity index (χ0v) is 18.8. The highest BCUT2D eigenvalue weighted by atomic mass is 32.2. The molecule has 2 amide bonds. The van der Waals surface area contributed by atoms with E-state index >= 15 is 0 Å². The van der Waals surface area contributed by atoms with Crippen LogP contribution >= 0.6 is 11.9 Å². The number of hydrogen-bond acceptors (Lipinski definition) is 4. The van der Waals surface area contributed by atoms with Crippen LogP contribution in [-0.2, 0) is 9.59 Å². The molecule has 2 N–H and O–H groups in total. The van der Waals surface area contributed by atoms with Crippen molar-refractivity contribution in [1.82, 2.24) is 9.97 Å². The second kappa shape index (κ2) is 9.70. The highest BCUT2D eigenvalue weighted by Gasteiger charge is 2.20. The van der Waals surface area contributed by atoms with E-state index in [1.807, 2.05) is 86.6 Å². The number of carbonyl (C=O) groups is 2. The van der Waals surface area contributed by atoms with Crippen LogP contribution in [0.15, 0.2) is 78.0 Å². The van der Waals surface area contributed by atoms with E-state index in [-0.39, 0.29) is 24.7 Å². The van der Waals surface area contributed by atoms with Crippen LogP contribution in [0, 0.1) is 13.8 Å². The topological polar surface area (TPSA) is 78.1 Å². The molecular formula is C25H24N4O2S. The number of rotatable bonds is 7. The largest absolute Gasteiger partial charge is 0.331 e. The van der Waals surface area contributed by atoms with Crippen molar-refractivity contribution in [2.24, 2.45) is 0 Å². The lowest BCUT2D eigenvalue weighted by Gasteiger charge is -2.20. The molecule has 1 heterocycles. The molecule has 0 spiro atoms. The standard InChI is InChI=1S/C25H24N4O2S/c1-17-7-11-19(12-8-17)26-23(30)15-16-24(31)29(20-13-9-18(2)10-14-20)32-25-27-21-5-3-4-6-22(21)28-25/h3-14H,15-16H2,1-2H3,(H,26,30)(H,27,28). The van der Waals surface area contributed by atoms with Gasteiger partial charge in [-0.1, -0.05) is 47.5 Å². The second-order valence-electron chi connectivity index (χ2n) is 7.59. The first kappa shape index (κ1) is 21.6. The van der Waals surface area contributed by atoms with Crippen LogP contribution in [0.2, 0.25) is 0 Å². The molecule has 0 aliphatic heterocycles. The summed E-state index contributed by atoms with van der Waals surface area (Å²) in [6, 6.07) is 23.0. The van der Waals surface area contributed by atoms with E-state index in [0.29, 0.717) is 5.16 Å². The van der Waals surface area contributed by atoms with Crippen LogP contribution in [0.4, 0.5) is 11.4 Å². The normalized spacial score (nSPS) is 10.8. The van der Waals surface area contributed by atoms with Crippen LogP contribution in [0.3, 0.4) is 0 Å². The first-order chi connectivity index (χ1) is 15.5. The van der Waals surface area contributed by atoms with Crippen LogP contribution < -0.4 is 9.62 Å². The van der Waals surface area contributed by atoms with Crippen molar-refractivity contribution in [2.45, 2.75) is 31.8 Å². The highest BCUT2D eigenvalue weighted by molar-refractivity contribution is 8.01. The van der Waals surface area contributed by atoms with Gasteiger partial charge in [0.2, 0.25) is 11.8 Å². The molecule has 3 aromatic carbocycles. The summed E-state index contributed by atoms with van der Waals surface area (Å²) in [6.45, 7) is 3.99. The van der Waals surface area contributed by atoms with Crippen molar-refractivity contribution in [2.75, 3.05) is 9.62 Å². The molecule has 0 aliphatic rings. The maximum Gasteiger partial charge on any atom is 0.237 e. The molecule has 0 atom stereocenters. The van der Waals surface area contributed by atoms with Crippen molar-refractivity contribution < 1.29 is 9.59 Å². The van der Waals surface area contributed by atoms with E-state index in [9.17, 15) is 9.59 Å². The number of aromatic nitrogens is 2. The molecule has 0 saturated heterocycles. The Bertz CT molecular complexity index is 1200. The van der Waals surface area contributed by atoms with Gasteiger partial charge in [0.05, 0.1) is 16.7 Å². The molecule has 0 bridgehead atoms. The van der Waals surface area contributed by atoms with Crippen LogP contribution in [-0.4, -0.2) is 21.8 Å². The zero-order chi connectivity index (χ0) is 22.5. The predicted molar refractivity (Wildman–Crippen MR) is 130 cm³/mol. The van der Waals surface area contributed by atoms with Gasteiger partial charge in [0, 0.05) is 30.5 Å². The van der Waals surface area contributed by atoms with Crippen LogP contribution in [0.25, 0.3) is 11.0 Å². The lowest BCUT2D eigenvalue weighted by Crippen LogP contribution is -2.25. The van der Waals surface area contributed by atoms with Gasteiger partial charge in [-0.15, -0.1) is 0 Å². The summed E-state index contributed by atoms with van der Waals surface area (Å²) >= 11 is 1.22. The smallest absolute Gasteiger partial charge is 0.237 e. The number of carbonyl (C=O) groups excluding carboxylic acids is 2. The lowest BCUT2D eigenvalue weighted by molar-refractivity contribution is -0.121. The van der Waals surface area contributed by atoms with Gasteiger partial charge in [-0.05, 0) is 50.2 Å². The van der Waals surface area contributed by atoms with Gasteiger partial charge < -0.3 is 10.3 Å². The Morgan fingerprint density at radius 1 is 0.906 bits per heavy atom. The van der Waals surface area contributed by atoms with E-state index < -0.39 is 0 Å². The number of benzene rings is 3. The van der Waals surface area contributed by atoms with E-state index in [0.717, 1.165) is 33.5 Å². The van der Waals surface area contributed by atoms with Crippen LogP contribution in [0.1, 0.15) is 24.0 Å².